The lowest BCUT2D eigenvalue weighted by Crippen LogP contribution is -2.40. The van der Waals surface area contributed by atoms with Crippen molar-refractivity contribution < 1.29 is 13.2 Å². The third-order valence-electron chi connectivity index (χ3n) is 4.19. The second-order valence-electron chi connectivity index (χ2n) is 8.10. The van der Waals surface area contributed by atoms with E-state index in [-0.39, 0.29) is 27.4 Å². The Bertz CT molecular complexity index is 955. The lowest BCUT2D eigenvalue weighted by atomic mass is 10.1. The summed E-state index contributed by atoms with van der Waals surface area (Å²) in [4.78, 5) is 14.6. The first kappa shape index (κ1) is 23.3. The fraction of sp³-hybridized carbons (Fsp3) is 0.381. The monoisotopic (exact) mass is 437 g/mol. The van der Waals surface area contributed by atoms with E-state index in [1.807, 2.05) is 49.3 Å². The van der Waals surface area contributed by atoms with Crippen LogP contribution in [0.15, 0.2) is 53.4 Å². The van der Waals surface area contributed by atoms with E-state index in [1.165, 1.54) is 18.2 Å². The highest BCUT2D eigenvalue weighted by Crippen LogP contribution is 2.24. The van der Waals surface area contributed by atoms with E-state index in [9.17, 15) is 13.2 Å². The Balaban J connectivity index is 2.21. The van der Waals surface area contributed by atoms with Gasteiger partial charge in [-0.2, -0.15) is 0 Å². The summed E-state index contributed by atoms with van der Waals surface area (Å²) in [6.07, 6.45) is 0. The van der Waals surface area contributed by atoms with Gasteiger partial charge in [-0.3, -0.25) is 4.79 Å². The number of benzene rings is 2. The molecule has 0 aliphatic rings. The van der Waals surface area contributed by atoms with Crippen LogP contribution in [0, 0.1) is 0 Å². The summed E-state index contributed by atoms with van der Waals surface area (Å²) in [5.74, 6) is -0.364. The van der Waals surface area contributed by atoms with E-state index in [0.29, 0.717) is 6.54 Å². The third kappa shape index (κ3) is 6.54. The minimum atomic E-state index is -3.86. The van der Waals surface area contributed by atoms with Crippen molar-refractivity contribution in [3.8, 4) is 0 Å². The zero-order chi connectivity index (χ0) is 21.8. The molecule has 0 saturated heterocycles. The molecule has 158 valence electrons. The molecule has 2 N–H and O–H groups in total. The van der Waals surface area contributed by atoms with Crippen LogP contribution in [-0.2, 0) is 10.0 Å². The van der Waals surface area contributed by atoms with Crippen LogP contribution in [0.1, 0.15) is 42.7 Å². The molecule has 1 unspecified atom stereocenters. The molecule has 0 radical (unpaired) electrons. The molecule has 0 fully saturated rings. The fourth-order valence-electron chi connectivity index (χ4n) is 2.87. The number of rotatable bonds is 7. The molecule has 0 spiro atoms. The van der Waals surface area contributed by atoms with Gasteiger partial charge in [0.2, 0.25) is 10.0 Å². The normalized spacial score (nSPS) is 13.3. The quantitative estimate of drug-likeness (QED) is 0.695. The number of hydrogen-bond acceptors (Lipinski definition) is 4. The number of likely N-dealkylation sites (N-methyl/N-ethyl adjacent to an activating group) is 1. The Morgan fingerprint density at radius 3 is 2.28 bits per heavy atom. The first-order valence-electron chi connectivity index (χ1n) is 9.24. The van der Waals surface area contributed by atoms with Crippen molar-refractivity contribution >= 4 is 27.5 Å². The minimum absolute atomic E-state index is 0.0155. The molecule has 29 heavy (non-hydrogen) atoms. The maximum absolute atomic E-state index is 12.7. The maximum atomic E-state index is 12.7. The average molecular weight is 438 g/mol. The van der Waals surface area contributed by atoms with Gasteiger partial charge in [0.15, 0.2) is 0 Å². The summed E-state index contributed by atoms with van der Waals surface area (Å²) in [6, 6.07) is 14.1. The minimum Gasteiger partial charge on any atom is -0.350 e. The van der Waals surface area contributed by atoms with Crippen molar-refractivity contribution in [3.63, 3.8) is 0 Å². The molecule has 2 aromatic carbocycles. The predicted octanol–water partition coefficient (Wildman–Crippen LogP) is 3.45. The van der Waals surface area contributed by atoms with Crippen molar-refractivity contribution in [2.24, 2.45) is 0 Å². The highest BCUT2D eigenvalue weighted by Gasteiger charge is 2.25. The summed E-state index contributed by atoms with van der Waals surface area (Å²) in [5.41, 5.74) is 0.635. The van der Waals surface area contributed by atoms with Gasteiger partial charge in [0.1, 0.15) is 4.90 Å². The second-order valence-corrected chi connectivity index (χ2v) is 10.2. The van der Waals surface area contributed by atoms with Crippen molar-refractivity contribution in [1.29, 1.82) is 0 Å². The number of nitrogens with one attached hydrogen (secondary N) is 2. The van der Waals surface area contributed by atoms with Gasteiger partial charge >= 0.3 is 0 Å². The molecular weight excluding hydrogens is 410 g/mol. The Hall–Kier alpha value is -1.93. The first-order chi connectivity index (χ1) is 13.4. The molecule has 2 aromatic rings. The maximum Gasteiger partial charge on any atom is 0.251 e. The molecular formula is C21H28ClN3O3S. The topological polar surface area (TPSA) is 78.5 Å². The largest absolute Gasteiger partial charge is 0.350 e. The van der Waals surface area contributed by atoms with Crippen LogP contribution >= 0.6 is 11.6 Å². The zero-order valence-corrected chi connectivity index (χ0v) is 18.9. The predicted molar refractivity (Wildman–Crippen MR) is 117 cm³/mol. The summed E-state index contributed by atoms with van der Waals surface area (Å²) in [5, 5.41) is 2.95. The van der Waals surface area contributed by atoms with Crippen LogP contribution in [0.25, 0.3) is 0 Å². The summed E-state index contributed by atoms with van der Waals surface area (Å²) in [7, 11) is 0.0163. The number of carbonyl (C=O) groups is 1. The van der Waals surface area contributed by atoms with E-state index in [0.717, 1.165) is 5.56 Å². The third-order valence-corrected chi connectivity index (χ3v) is 6.43. The Labute approximate surface area is 178 Å². The number of halogens is 1. The highest BCUT2D eigenvalue weighted by atomic mass is 35.5. The van der Waals surface area contributed by atoms with E-state index >= 15 is 0 Å². The van der Waals surface area contributed by atoms with Crippen LogP contribution < -0.4 is 10.0 Å². The molecule has 6 nitrogen and oxygen atoms in total. The van der Waals surface area contributed by atoms with E-state index < -0.39 is 15.6 Å². The lowest BCUT2D eigenvalue weighted by molar-refractivity contribution is 0.0941. The van der Waals surface area contributed by atoms with Gasteiger partial charge in [-0.1, -0.05) is 41.9 Å². The second kappa shape index (κ2) is 9.26. The molecule has 1 amide bonds. The van der Waals surface area contributed by atoms with Gasteiger partial charge in [-0.05, 0) is 58.6 Å². The van der Waals surface area contributed by atoms with Gasteiger partial charge in [0.25, 0.3) is 5.91 Å². The van der Waals surface area contributed by atoms with Crippen molar-refractivity contribution in [3.05, 3.63) is 64.7 Å². The SMILES string of the molecule is CN(C)C(CNC(=O)c1ccc(Cl)c(S(=O)(=O)NC(C)(C)C)c1)c1ccccc1. The van der Waals surface area contributed by atoms with Crippen molar-refractivity contribution in [2.45, 2.75) is 37.2 Å². The summed E-state index contributed by atoms with van der Waals surface area (Å²) >= 11 is 6.11. The number of nitrogens with zero attached hydrogens (tertiary/aromatic N) is 1. The van der Waals surface area contributed by atoms with E-state index in [1.54, 1.807) is 20.8 Å². The van der Waals surface area contributed by atoms with Gasteiger partial charge in [0.05, 0.1) is 11.1 Å². The Morgan fingerprint density at radius 1 is 1.10 bits per heavy atom. The van der Waals surface area contributed by atoms with Crippen LogP contribution in [0.2, 0.25) is 5.02 Å². The molecule has 2 rings (SSSR count). The van der Waals surface area contributed by atoms with E-state index in [4.69, 9.17) is 11.6 Å². The molecule has 8 heteroatoms. The van der Waals surface area contributed by atoms with Crippen LogP contribution in [0.5, 0.6) is 0 Å². The van der Waals surface area contributed by atoms with Crippen molar-refractivity contribution in [1.82, 2.24) is 14.9 Å². The van der Waals surface area contributed by atoms with Gasteiger partial charge in [0, 0.05) is 17.6 Å². The Morgan fingerprint density at radius 2 is 1.72 bits per heavy atom. The van der Waals surface area contributed by atoms with Gasteiger partial charge < -0.3 is 10.2 Å². The number of carbonyl (C=O) groups excluding carboxylic acids is 1. The standard InChI is InChI=1S/C21H28ClN3O3S/c1-21(2,3)24-29(27,28)19-13-16(11-12-17(19)22)20(26)23-14-18(25(4)5)15-9-7-6-8-10-15/h6-13,18,24H,14H2,1-5H3,(H,23,26). The zero-order valence-electron chi connectivity index (χ0n) is 17.4. The lowest BCUT2D eigenvalue weighted by Gasteiger charge is -2.25. The highest BCUT2D eigenvalue weighted by molar-refractivity contribution is 7.89. The van der Waals surface area contributed by atoms with Gasteiger partial charge in [-0.25, -0.2) is 13.1 Å². The summed E-state index contributed by atoms with van der Waals surface area (Å²) < 4.78 is 27.9. The molecule has 1 atom stereocenters. The van der Waals surface area contributed by atoms with Crippen LogP contribution in [0.3, 0.4) is 0 Å². The number of sulfonamides is 1. The molecule has 0 saturated carbocycles. The molecule has 0 aliphatic carbocycles. The van der Waals surface area contributed by atoms with Crippen LogP contribution in [0.4, 0.5) is 0 Å². The fourth-order valence-corrected chi connectivity index (χ4v) is 4.82. The average Bonchev–Trinajstić information content (AvgIpc) is 2.60. The smallest absolute Gasteiger partial charge is 0.251 e. The number of hydrogen-bond donors (Lipinski definition) is 2. The number of amides is 1. The first-order valence-corrected chi connectivity index (χ1v) is 11.1. The molecule has 0 aromatic heterocycles. The van der Waals surface area contributed by atoms with E-state index in [2.05, 4.69) is 10.0 Å². The molecule has 0 heterocycles. The molecule has 0 aliphatic heterocycles. The Kier molecular flexibility index (Phi) is 7.45. The van der Waals surface area contributed by atoms with Gasteiger partial charge in [-0.15, -0.1) is 0 Å². The van der Waals surface area contributed by atoms with Crippen LogP contribution in [-0.4, -0.2) is 45.4 Å². The molecule has 0 bridgehead atoms. The van der Waals surface area contributed by atoms with Crippen molar-refractivity contribution in [2.75, 3.05) is 20.6 Å². The summed E-state index contributed by atoms with van der Waals surface area (Å²) in [6.45, 7) is 5.58.